The van der Waals surface area contributed by atoms with E-state index in [-0.39, 0.29) is 30.7 Å². The van der Waals surface area contributed by atoms with Gasteiger partial charge in [0, 0.05) is 18.9 Å². The molecule has 3 N–H and O–H groups in total. The van der Waals surface area contributed by atoms with Gasteiger partial charge in [0.25, 0.3) is 0 Å². The first-order chi connectivity index (χ1) is 9.92. The van der Waals surface area contributed by atoms with Crippen molar-refractivity contribution in [2.24, 2.45) is 0 Å². The van der Waals surface area contributed by atoms with Crippen molar-refractivity contribution in [1.29, 1.82) is 0 Å². The van der Waals surface area contributed by atoms with Crippen molar-refractivity contribution in [2.45, 2.75) is 19.3 Å². The van der Waals surface area contributed by atoms with Crippen LogP contribution in [0.4, 0.5) is 14.9 Å². The summed E-state index contributed by atoms with van der Waals surface area (Å²) in [7, 11) is 1.31. The largest absolute Gasteiger partial charge is 0.494 e. The number of aliphatic carboxylic acids is 1. The number of benzene rings is 1. The lowest BCUT2D eigenvalue weighted by Gasteiger charge is -2.10. The molecule has 0 unspecified atom stereocenters. The maximum Gasteiger partial charge on any atom is 0.325 e. The summed E-state index contributed by atoms with van der Waals surface area (Å²) in [6, 6.07) is 2.71. The summed E-state index contributed by atoms with van der Waals surface area (Å²) in [5.74, 6) is -2.02. The van der Waals surface area contributed by atoms with Crippen molar-refractivity contribution in [1.82, 2.24) is 5.32 Å². The lowest BCUT2D eigenvalue weighted by molar-refractivity contribution is -0.137. The number of hydrogen-bond donors (Lipinski definition) is 3. The van der Waals surface area contributed by atoms with Crippen LogP contribution >= 0.6 is 0 Å². The van der Waals surface area contributed by atoms with E-state index in [2.05, 4.69) is 5.32 Å². The van der Waals surface area contributed by atoms with Crippen LogP contribution < -0.4 is 15.4 Å². The van der Waals surface area contributed by atoms with Crippen LogP contribution in [0.2, 0.25) is 0 Å². The molecule has 8 heteroatoms. The van der Waals surface area contributed by atoms with Gasteiger partial charge < -0.3 is 15.2 Å². The summed E-state index contributed by atoms with van der Waals surface area (Å²) in [5, 5.41) is 12.8. The van der Waals surface area contributed by atoms with Crippen LogP contribution in [0.1, 0.15) is 19.3 Å². The Morgan fingerprint density at radius 3 is 2.62 bits per heavy atom. The number of carbonyl (C=O) groups is 3. The molecule has 3 amide bonds. The highest BCUT2D eigenvalue weighted by molar-refractivity contribution is 6.01. The van der Waals surface area contributed by atoms with E-state index in [9.17, 15) is 18.8 Å². The van der Waals surface area contributed by atoms with Crippen LogP contribution in [0, 0.1) is 5.82 Å². The average molecular weight is 298 g/mol. The molecule has 0 saturated carbocycles. The molecule has 0 radical (unpaired) electrons. The zero-order valence-corrected chi connectivity index (χ0v) is 11.3. The zero-order valence-electron chi connectivity index (χ0n) is 11.3. The van der Waals surface area contributed by atoms with E-state index in [0.717, 1.165) is 12.1 Å². The molecule has 0 aromatic heterocycles. The standard InChI is InChI=1S/C13H15FN2O5/c1-21-10-7-8(14)5-6-9(10)15-13(20)16-11(17)3-2-4-12(18)19/h5-7H,2-4H2,1H3,(H,18,19)(H2,15,16,17,20). The van der Waals surface area contributed by atoms with Gasteiger partial charge in [-0.05, 0) is 18.6 Å². The predicted octanol–water partition coefficient (Wildman–Crippen LogP) is 1.74. The van der Waals surface area contributed by atoms with Gasteiger partial charge in [0.05, 0.1) is 12.8 Å². The van der Waals surface area contributed by atoms with E-state index in [1.807, 2.05) is 5.32 Å². The normalized spacial score (nSPS) is 9.81. The van der Waals surface area contributed by atoms with E-state index < -0.39 is 23.7 Å². The van der Waals surface area contributed by atoms with Crippen molar-refractivity contribution in [2.75, 3.05) is 12.4 Å². The maximum atomic E-state index is 13.0. The molecule has 0 bridgehead atoms. The van der Waals surface area contributed by atoms with Gasteiger partial charge in [-0.25, -0.2) is 9.18 Å². The minimum absolute atomic E-state index is 0.0831. The molecule has 0 aliphatic rings. The number of nitrogens with one attached hydrogen (secondary N) is 2. The number of halogens is 1. The first-order valence-electron chi connectivity index (χ1n) is 6.08. The van der Waals surface area contributed by atoms with Crippen LogP contribution in [-0.2, 0) is 9.59 Å². The fraction of sp³-hybridized carbons (Fsp3) is 0.308. The molecule has 0 spiro atoms. The van der Waals surface area contributed by atoms with Gasteiger partial charge in [0.1, 0.15) is 11.6 Å². The van der Waals surface area contributed by atoms with Crippen LogP contribution in [0.5, 0.6) is 5.75 Å². The minimum atomic E-state index is -1.01. The number of methoxy groups -OCH3 is 1. The Labute approximate surface area is 120 Å². The van der Waals surface area contributed by atoms with Crippen LogP contribution in [0.25, 0.3) is 0 Å². The quantitative estimate of drug-likeness (QED) is 0.742. The molecule has 7 nitrogen and oxygen atoms in total. The molecular formula is C13H15FN2O5. The van der Waals surface area contributed by atoms with Crippen molar-refractivity contribution in [3.8, 4) is 5.75 Å². The van der Waals surface area contributed by atoms with Gasteiger partial charge in [-0.1, -0.05) is 0 Å². The Morgan fingerprint density at radius 2 is 2.00 bits per heavy atom. The Kier molecular flexibility index (Phi) is 6.12. The van der Waals surface area contributed by atoms with E-state index in [1.54, 1.807) is 0 Å². The van der Waals surface area contributed by atoms with Crippen molar-refractivity contribution in [3.05, 3.63) is 24.0 Å². The van der Waals surface area contributed by atoms with E-state index in [1.165, 1.54) is 13.2 Å². The smallest absolute Gasteiger partial charge is 0.325 e. The number of carboxylic acids is 1. The van der Waals surface area contributed by atoms with E-state index in [4.69, 9.17) is 9.84 Å². The first kappa shape index (κ1) is 16.4. The lowest BCUT2D eigenvalue weighted by atomic mass is 10.2. The molecule has 0 aliphatic heterocycles. The summed E-state index contributed by atoms with van der Waals surface area (Å²) >= 11 is 0. The Balaban J connectivity index is 2.50. The molecule has 1 aromatic carbocycles. The SMILES string of the molecule is COc1cc(F)ccc1NC(=O)NC(=O)CCCC(=O)O. The highest BCUT2D eigenvalue weighted by Crippen LogP contribution is 2.24. The highest BCUT2D eigenvalue weighted by atomic mass is 19.1. The predicted molar refractivity (Wildman–Crippen MR) is 71.6 cm³/mol. The Hall–Kier alpha value is -2.64. The number of carbonyl (C=O) groups excluding carboxylic acids is 2. The molecule has 1 rings (SSSR count). The van der Waals surface area contributed by atoms with Crippen LogP contribution in [0.3, 0.4) is 0 Å². The molecule has 0 saturated heterocycles. The number of hydrogen-bond acceptors (Lipinski definition) is 4. The third-order valence-corrected chi connectivity index (χ3v) is 2.46. The second-order valence-corrected chi connectivity index (χ2v) is 4.09. The van der Waals surface area contributed by atoms with Crippen molar-refractivity contribution in [3.63, 3.8) is 0 Å². The van der Waals surface area contributed by atoms with Gasteiger partial charge >= 0.3 is 12.0 Å². The number of amides is 3. The fourth-order valence-electron chi connectivity index (χ4n) is 1.51. The van der Waals surface area contributed by atoms with Gasteiger partial charge in [0.2, 0.25) is 5.91 Å². The van der Waals surface area contributed by atoms with Crippen molar-refractivity contribution >= 4 is 23.6 Å². The number of imide groups is 1. The van der Waals surface area contributed by atoms with Crippen LogP contribution in [-0.4, -0.2) is 30.1 Å². The lowest BCUT2D eigenvalue weighted by Crippen LogP contribution is -2.34. The monoisotopic (exact) mass is 298 g/mol. The number of ether oxygens (including phenoxy) is 1. The zero-order chi connectivity index (χ0) is 15.8. The summed E-state index contributed by atoms with van der Waals surface area (Å²) in [6.45, 7) is 0. The summed E-state index contributed by atoms with van der Waals surface area (Å²) < 4.78 is 17.9. The molecule has 114 valence electrons. The second-order valence-electron chi connectivity index (χ2n) is 4.09. The van der Waals surface area contributed by atoms with E-state index >= 15 is 0 Å². The van der Waals surface area contributed by atoms with Crippen molar-refractivity contribution < 1.29 is 28.6 Å². The van der Waals surface area contributed by atoms with Gasteiger partial charge in [-0.15, -0.1) is 0 Å². The molecule has 21 heavy (non-hydrogen) atoms. The number of rotatable bonds is 6. The summed E-state index contributed by atoms with van der Waals surface area (Å²) in [6.07, 6.45) is -0.102. The number of carboxylic acid groups (broad SMARTS) is 1. The van der Waals surface area contributed by atoms with E-state index in [0.29, 0.717) is 0 Å². The van der Waals surface area contributed by atoms with Gasteiger partial charge in [-0.2, -0.15) is 0 Å². The number of anilines is 1. The second kappa shape index (κ2) is 7.83. The number of urea groups is 1. The minimum Gasteiger partial charge on any atom is -0.494 e. The van der Waals surface area contributed by atoms with Gasteiger partial charge in [-0.3, -0.25) is 14.9 Å². The molecule has 0 fully saturated rings. The average Bonchev–Trinajstić information content (AvgIpc) is 2.40. The highest BCUT2D eigenvalue weighted by Gasteiger charge is 2.11. The molecule has 0 heterocycles. The fourth-order valence-corrected chi connectivity index (χ4v) is 1.51. The molecular weight excluding hydrogens is 283 g/mol. The van der Waals surface area contributed by atoms with Crippen LogP contribution in [0.15, 0.2) is 18.2 Å². The third kappa shape index (κ3) is 5.89. The molecule has 0 aliphatic carbocycles. The first-order valence-corrected chi connectivity index (χ1v) is 6.08. The summed E-state index contributed by atoms with van der Waals surface area (Å²) in [4.78, 5) is 33.2. The Bertz CT molecular complexity index is 547. The Morgan fingerprint density at radius 1 is 1.29 bits per heavy atom. The summed E-state index contributed by atoms with van der Waals surface area (Å²) in [5.41, 5.74) is 0.203. The third-order valence-electron chi connectivity index (χ3n) is 2.46. The molecule has 0 atom stereocenters. The maximum absolute atomic E-state index is 13.0. The van der Waals surface area contributed by atoms with Gasteiger partial charge in [0.15, 0.2) is 0 Å². The molecule has 1 aromatic rings. The topological polar surface area (TPSA) is 105 Å².